The Morgan fingerprint density at radius 1 is 0.829 bits per heavy atom. The third kappa shape index (κ3) is 10.3. The average Bonchev–Trinajstić information content (AvgIpc) is 3.98. The lowest BCUT2D eigenvalue weighted by atomic mass is 9.86. The van der Waals surface area contributed by atoms with E-state index in [1.165, 1.54) is 5.56 Å². The Bertz CT molecular complexity index is 2870. The molecule has 2 aromatic heterocycles. The molecule has 10 rings (SSSR count). The number of piperidine rings is 2. The van der Waals surface area contributed by atoms with Crippen LogP contribution in [0.3, 0.4) is 0 Å². The Balaban J connectivity index is 0.628. The first-order chi connectivity index (χ1) is 34.0. The van der Waals surface area contributed by atoms with Crippen molar-refractivity contribution in [2.45, 2.75) is 89.6 Å². The summed E-state index contributed by atoms with van der Waals surface area (Å²) < 4.78 is 55.9. The molecule has 0 spiro atoms. The second kappa shape index (κ2) is 20.5. The summed E-state index contributed by atoms with van der Waals surface area (Å²) in [6.45, 7) is 5.12. The van der Waals surface area contributed by atoms with Crippen molar-refractivity contribution in [3.05, 3.63) is 131 Å². The molecule has 14 nitrogen and oxygen atoms in total. The first-order valence-electron chi connectivity index (χ1n) is 24.2. The molecule has 1 saturated carbocycles. The molecule has 17 heteroatoms. The number of phenolic OH excluding ortho intramolecular Hbond substituents is 1. The minimum Gasteiger partial charge on any atom is -0.503 e. The van der Waals surface area contributed by atoms with Crippen molar-refractivity contribution in [3.8, 4) is 28.6 Å². The number of nitrogens with zero attached hydrogens (tertiary/aromatic N) is 6. The van der Waals surface area contributed by atoms with E-state index in [0.717, 1.165) is 103 Å². The van der Waals surface area contributed by atoms with Gasteiger partial charge in [0.2, 0.25) is 11.7 Å². The van der Waals surface area contributed by atoms with Crippen molar-refractivity contribution in [2.75, 3.05) is 32.8 Å². The fourth-order valence-corrected chi connectivity index (χ4v) is 10.3. The fraction of sp³-hybridized carbons (Fsp3) is 0.396. The zero-order valence-electron chi connectivity index (χ0n) is 38.7. The van der Waals surface area contributed by atoms with Gasteiger partial charge in [0.25, 0.3) is 11.8 Å². The normalized spacial score (nSPS) is 19.8. The minimum absolute atomic E-state index is 0.000567. The van der Waals surface area contributed by atoms with Gasteiger partial charge in [-0.05, 0) is 117 Å². The van der Waals surface area contributed by atoms with Gasteiger partial charge >= 0.3 is 6.01 Å². The zero-order chi connectivity index (χ0) is 48.3. The van der Waals surface area contributed by atoms with Crippen molar-refractivity contribution in [3.63, 3.8) is 0 Å². The molecular weight excluding hydrogens is 902 g/mol. The summed E-state index contributed by atoms with van der Waals surface area (Å²) >= 11 is 0. The van der Waals surface area contributed by atoms with Crippen LogP contribution >= 0.6 is 0 Å². The molecule has 364 valence electrons. The van der Waals surface area contributed by atoms with E-state index in [9.17, 15) is 32.7 Å². The van der Waals surface area contributed by atoms with Crippen LogP contribution in [0.15, 0.2) is 85.3 Å². The molecule has 0 radical (unpaired) electrons. The molecular formula is C53H55F3N8O6. The quantitative estimate of drug-likeness (QED) is 0.0854. The van der Waals surface area contributed by atoms with Gasteiger partial charge in [0.15, 0.2) is 17.4 Å². The SMILES string of the molecule is O=C1CCC(N2Cc3c(OCc4ccc(CN5CCC(CCOc6ncc(-c7ccc8cn(C9CCC(CNC(=O)c%10cc(F)c(O)c(F)c%10F)CC9)nc8c7)cn6)CC5)cc4)cccc3C2=O)CN1. The lowest BCUT2D eigenvalue weighted by Crippen LogP contribution is -2.48. The van der Waals surface area contributed by atoms with Crippen LogP contribution in [0.1, 0.15) is 101 Å². The molecule has 3 aliphatic heterocycles. The Morgan fingerprint density at radius 3 is 2.36 bits per heavy atom. The van der Waals surface area contributed by atoms with Gasteiger partial charge in [-0.3, -0.25) is 24.0 Å². The molecule has 2 saturated heterocycles. The lowest BCUT2D eigenvalue weighted by Gasteiger charge is -2.32. The number of carbonyl (C=O) groups is 3. The van der Waals surface area contributed by atoms with E-state index in [1.54, 1.807) is 12.4 Å². The van der Waals surface area contributed by atoms with Gasteiger partial charge in [-0.1, -0.05) is 42.5 Å². The van der Waals surface area contributed by atoms with Crippen molar-refractivity contribution in [2.24, 2.45) is 11.8 Å². The number of benzene rings is 4. The van der Waals surface area contributed by atoms with Gasteiger partial charge in [-0.25, -0.2) is 18.7 Å². The Kier molecular flexibility index (Phi) is 13.7. The number of amides is 3. The van der Waals surface area contributed by atoms with Crippen molar-refractivity contribution >= 4 is 28.6 Å². The molecule has 3 amide bonds. The maximum Gasteiger partial charge on any atom is 0.316 e. The first kappa shape index (κ1) is 46.7. The largest absolute Gasteiger partial charge is 0.503 e. The van der Waals surface area contributed by atoms with Crippen LogP contribution in [-0.4, -0.2) is 91.2 Å². The van der Waals surface area contributed by atoms with E-state index in [1.807, 2.05) is 52.2 Å². The Labute approximate surface area is 403 Å². The molecule has 3 N–H and O–H groups in total. The maximum absolute atomic E-state index is 14.2. The van der Waals surface area contributed by atoms with Crippen LogP contribution in [0, 0.1) is 29.3 Å². The highest BCUT2D eigenvalue weighted by Gasteiger charge is 2.36. The summed E-state index contributed by atoms with van der Waals surface area (Å²) in [7, 11) is 0. The van der Waals surface area contributed by atoms with Crippen LogP contribution in [0.4, 0.5) is 13.2 Å². The molecule has 1 atom stereocenters. The van der Waals surface area contributed by atoms with E-state index < -0.39 is 34.7 Å². The first-order valence-corrected chi connectivity index (χ1v) is 24.2. The maximum atomic E-state index is 14.2. The van der Waals surface area contributed by atoms with Gasteiger partial charge in [0, 0.05) is 66.7 Å². The third-order valence-electron chi connectivity index (χ3n) is 14.5. The summed E-state index contributed by atoms with van der Waals surface area (Å²) in [5.41, 5.74) is 5.78. The number of rotatable bonds is 15. The lowest BCUT2D eigenvalue weighted by molar-refractivity contribution is -0.123. The summed E-state index contributed by atoms with van der Waals surface area (Å²) in [5.74, 6) is -5.69. The fourth-order valence-electron chi connectivity index (χ4n) is 10.3. The van der Waals surface area contributed by atoms with Crippen molar-refractivity contribution < 1.29 is 42.1 Å². The topological polar surface area (TPSA) is 164 Å². The summed E-state index contributed by atoms with van der Waals surface area (Å²) in [4.78, 5) is 50.7. The van der Waals surface area contributed by atoms with E-state index in [4.69, 9.17) is 14.6 Å². The van der Waals surface area contributed by atoms with E-state index >= 15 is 0 Å². The monoisotopic (exact) mass is 956 g/mol. The number of nitrogens with one attached hydrogen (secondary N) is 2. The molecule has 70 heavy (non-hydrogen) atoms. The predicted octanol–water partition coefficient (Wildman–Crippen LogP) is 8.27. The van der Waals surface area contributed by atoms with Crippen molar-refractivity contribution in [1.82, 2.24) is 40.2 Å². The van der Waals surface area contributed by atoms with Gasteiger partial charge < -0.3 is 30.1 Å². The number of fused-ring (bicyclic) bond motifs is 2. The number of hydrogen-bond acceptors (Lipinski definition) is 10. The summed E-state index contributed by atoms with van der Waals surface area (Å²) in [6.07, 6.45) is 13.0. The van der Waals surface area contributed by atoms with Crippen LogP contribution in [0.5, 0.6) is 17.5 Å². The second-order valence-electron chi connectivity index (χ2n) is 19.1. The molecule has 4 aromatic carbocycles. The van der Waals surface area contributed by atoms with Gasteiger partial charge in [0.1, 0.15) is 12.4 Å². The van der Waals surface area contributed by atoms with Crippen LogP contribution in [-0.2, 0) is 24.5 Å². The molecule has 3 fully saturated rings. The number of phenols is 1. The highest BCUT2D eigenvalue weighted by atomic mass is 19.2. The van der Waals surface area contributed by atoms with Gasteiger partial charge in [-0.2, -0.15) is 9.49 Å². The molecule has 1 unspecified atom stereocenters. The van der Waals surface area contributed by atoms with E-state index in [0.29, 0.717) is 62.7 Å². The smallest absolute Gasteiger partial charge is 0.316 e. The Morgan fingerprint density at radius 2 is 1.60 bits per heavy atom. The zero-order valence-corrected chi connectivity index (χ0v) is 38.7. The number of aromatic nitrogens is 4. The standard InChI is InChI=1S/C53H55F3N8O6/c54-44-23-42(48(55)49(56)50(44)66)51(67)58-24-33-8-12-39(13-9-33)64-29-37-11-10-36(22-45(37)61-64)38-25-59-53(60-26-38)69-21-18-32-16-19-62(20-17-32)28-34-4-6-35(7-5-34)31-70-46-3-1-2-41-43(46)30-63(52(41)68)40-14-15-47(65)57-27-40/h1-7,10-11,22-23,25-26,29,32-33,39-40,66H,8-9,12-21,24,27-28,30-31H2,(H,57,65)(H,58,67). The van der Waals surface area contributed by atoms with Gasteiger partial charge in [0.05, 0.1) is 36.3 Å². The Hall–Kier alpha value is -7.01. The highest BCUT2D eigenvalue weighted by molar-refractivity contribution is 5.99. The number of hydrogen-bond donors (Lipinski definition) is 3. The second-order valence-corrected chi connectivity index (χ2v) is 19.1. The average molecular weight is 957 g/mol. The van der Waals surface area contributed by atoms with Gasteiger partial charge in [-0.15, -0.1) is 0 Å². The number of carbonyl (C=O) groups excluding carboxylic acids is 3. The summed E-state index contributed by atoms with van der Waals surface area (Å²) in [6, 6.07) is 21.3. The molecule has 6 aromatic rings. The van der Waals surface area contributed by atoms with Crippen LogP contribution in [0.25, 0.3) is 22.0 Å². The molecule has 4 aliphatic rings. The number of aromatic hydroxyl groups is 1. The number of ether oxygens (including phenoxy) is 2. The summed E-state index contributed by atoms with van der Waals surface area (Å²) in [5, 5.41) is 20.6. The third-order valence-corrected chi connectivity index (χ3v) is 14.5. The van der Waals surface area contributed by atoms with E-state index in [2.05, 4.69) is 49.8 Å². The highest BCUT2D eigenvalue weighted by Crippen LogP contribution is 2.36. The number of halogens is 3. The molecule has 0 bridgehead atoms. The number of likely N-dealkylation sites (tertiary alicyclic amines) is 1. The van der Waals surface area contributed by atoms with E-state index in [-0.39, 0.29) is 36.4 Å². The van der Waals surface area contributed by atoms with Crippen molar-refractivity contribution in [1.29, 1.82) is 0 Å². The molecule has 5 heterocycles. The minimum atomic E-state index is -1.78. The molecule has 1 aliphatic carbocycles. The van der Waals surface area contributed by atoms with Crippen LogP contribution < -0.4 is 20.1 Å². The predicted molar refractivity (Wildman–Crippen MR) is 253 cm³/mol. The van der Waals surface area contributed by atoms with Crippen LogP contribution in [0.2, 0.25) is 0 Å².